The van der Waals surface area contributed by atoms with Gasteiger partial charge in [-0.15, -0.1) is 16.4 Å². The molecule has 2 aromatic rings. The second-order valence-electron chi connectivity index (χ2n) is 7.41. The third-order valence-corrected chi connectivity index (χ3v) is 7.51. The van der Waals surface area contributed by atoms with E-state index in [4.69, 9.17) is 17.3 Å². The summed E-state index contributed by atoms with van der Waals surface area (Å²) in [5.74, 6) is 0.159. The summed E-state index contributed by atoms with van der Waals surface area (Å²) in [6.07, 6.45) is 2.68. The number of nitrogens with zero attached hydrogens (tertiary/aromatic N) is 3. The zero-order valence-corrected chi connectivity index (χ0v) is 18.1. The highest BCUT2D eigenvalue weighted by molar-refractivity contribution is 7.73. The zero-order valence-electron chi connectivity index (χ0n) is 15.6. The lowest BCUT2D eigenvalue weighted by Gasteiger charge is -2.29. The Kier molecular flexibility index (Phi) is 6.03. The van der Waals surface area contributed by atoms with Crippen LogP contribution in [0.25, 0.3) is 0 Å². The number of hydrogen-bond donors (Lipinski definition) is 2. The van der Waals surface area contributed by atoms with E-state index in [9.17, 15) is 4.79 Å². The van der Waals surface area contributed by atoms with Crippen LogP contribution in [0.15, 0.2) is 17.5 Å². The van der Waals surface area contributed by atoms with Gasteiger partial charge in [-0.2, -0.15) is 4.68 Å². The second-order valence-corrected chi connectivity index (χ2v) is 10.0. The van der Waals surface area contributed by atoms with Gasteiger partial charge in [0.25, 0.3) is 0 Å². The summed E-state index contributed by atoms with van der Waals surface area (Å²) in [5, 5.41) is 7.67. The van der Waals surface area contributed by atoms with Crippen LogP contribution in [0.5, 0.6) is 0 Å². The Hall–Kier alpha value is -1.13. The predicted molar refractivity (Wildman–Crippen MR) is 111 cm³/mol. The van der Waals surface area contributed by atoms with Crippen LogP contribution in [0, 0.1) is 3.95 Å². The molecule has 0 unspecified atom stereocenters. The molecule has 0 atom stereocenters. The fraction of sp³-hybridized carbons (Fsp3) is 0.611. The van der Waals surface area contributed by atoms with E-state index in [0.717, 1.165) is 48.2 Å². The maximum atomic E-state index is 12.3. The molecule has 0 radical (unpaired) electrons. The number of piperazine rings is 1. The van der Waals surface area contributed by atoms with Crippen molar-refractivity contribution in [1.29, 1.82) is 0 Å². The number of hydrogen-bond acceptors (Lipinski definition) is 5. The maximum Gasteiger partial charge on any atom is 0.228 e. The number of amides is 1. The lowest BCUT2D eigenvalue weighted by atomic mass is 10.3. The summed E-state index contributed by atoms with van der Waals surface area (Å²) in [7, 11) is 0. The summed E-state index contributed by atoms with van der Waals surface area (Å²) in [4.78, 5) is 18.9. The van der Waals surface area contributed by atoms with E-state index in [0.29, 0.717) is 12.5 Å². The average molecular weight is 426 g/mol. The molecule has 1 saturated heterocycles. The SMILES string of the molecule is CCC(=O)N(c1nn(C[NH+]2CC[NH+](Cc3cccs3)CC2)c(=S)s1)C1CC1. The summed E-state index contributed by atoms with van der Waals surface area (Å²) in [6, 6.07) is 4.70. The molecular formula is C18H27N5OS3+2. The van der Waals surface area contributed by atoms with Crippen LogP contribution >= 0.6 is 34.9 Å². The van der Waals surface area contributed by atoms with E-state index in [1.54, 1.807) is 4.90 Å². The molecule has 0 aromatic carbocycles. The van der Waals surface area contributed by atoms with Gasteiger partial charge in [-0.25, -0.2) is 0 Å². The number of aromatic nitrogens is 2. The van der Waals surface area contributed by atoms with Gasteiger partial charge >= 0.3 is 0 Å². The number of quaternary nitrogens is 2. The molecule has 9 heteroatoms. The first-order chi connectivity index (χ1) is 13.1. The van der Waals surface area contributed by atoms with Crippen molar-refractivity contribution in [3.8, 4) is 0 Å². The Labute approximate surface area is 173 Å². The molecule has 2 fully saturated rings. The minimum atomic E-state index is 0.159. The van der Waals surface area contributed by atoms with E-state index in [1.807, 2.05) is 27.8 Å². The smallest absolute Gasteiger partial charge is 0.228 e. The van der Waals surface area contributed by atoms with Gasteiger partial charge in [0.15, 0.2) is 10.6 Å². The third kappa shape index (κ3) is 4.65. The molecule has 6 nitrogen and oxygen atoms in total. The van der Waals surface area contributed by atoms with Crippen molar-refractivity contribution in [1.82, 2.24) is 9.78 Å². The van der Waals surface area contributed by atoms with Crippen LogP contribution in [0.4, 0.5) is 5.13 Å². The van der Waals surface area contributed by atoms with Crippen molar-refractivity contribution in [3.05, 3.63) is 26.3 Å². The highest BCUT2D eigenvalue weighted by atomic mass is 32.1. The highest BCUT2D eigenvalue weighted by Crippen LogP contribution is 2.33. The molecule has 0 spiro atoms. The molecule has 4 rings (SSSR count). The Morgan fingerprint density at radius 2 is 2.07 bits per heavy atom. The Balaban J connectivity index is 1.35. The summed E-state index contributed by atoms with van der Waals surface area (Å²) < 4.78 is 2.72. The van der Waals surface area contributed by atoms with E-state index in [1.165, 1.54) is 34.2 Å². The van der Waals surface area contributed by atoms with Crippen molar-refractivity contribution in [2.24, 2.45) is 0 Å². The van der Waals surface area contributed by atoms with Gasteiger partial charge in [-0.3, -0.25) is 9.69 Å². The number of carbonyl (C=O) groups excluding carboxylic acids is 1. The molecule has 1 aliphatic carbocycles. The largest absolute Gasteiger partial charge is 0.321 e. The minimum Gasteiger partial charge on any atom is -0.321 e. The van der Waals surface area contributed by atoms with Gasteiger partial charge in [0.05, 0.1) is 4.88 Å². The number of rotatable bonds is 7. The van der Waals surface area contributed by atoms with Gasteiger partial charge in [0.2, 0.25) is 11.0 Å². The van der Waals surface area contributed by atoms with E-state index >= 15 is 0 Å². The maximum absolute atomic E-state index is 12.3. The number of anilines is 1. The average Bonchev–Trinajstić information content (AvgIpc) is 3.24. The van der Waals surface area contributed by atoms with Gasteiger partial charge in [-0.05, 0) is 36.5 Å². The van der Waals surface area contributed by atoms with Crippen LogP contribution in [-0.4, -0.2) is 47.9 Å². The quantitative estimate of drug-likeness (QED) is 0.638. The molecule has 27 heavy (non-hydrogen) atoms. The van der Waals surface area contributed by atoms with Crippen LogP contribution in [0.2, 0.25) is 0 Å². The summed E-state index contributed by atoms with van der Waals surface area (Å²) >= 11 is 8.89. The molecule has 1 aliphatic heterocycles. The van der Waals surface area contributed by atoms with Gasteiger partial charge in [0, 0.05) is 12.5 Å². The van der Waals surface area contributed by atoms with E-state index in [-0.39, 0.29) is 5.91 Å². The first-order valence-electron chi connectivity index (χ1n) is 9.73. The standard InChI is InChI=1S/C18H25N5OS3/c1-2-16(24)23(14-5-6-14)17-19-22(18(25)27-17)13-21-9-7-20(8-10-21)12-15-4-3-11-26-15/h3-4,11,14H,2,5-10,12-13H2,1H3/p+2. The first-order valence-corrected chi connectivity index (χ1v) is 11.8. The van der Waals surface area contributed by atoms with Crippen molar-refractivity contribution in [3.63, 3.8) is 0 Å². The van der Waals surface area contributed by atoms with Crippen LogP contribution < -0.4 is 14.7 Å². The Morgan fingerprint density at radius 1 is 1.33 bits per heavy atom. The number of carbonyl (C=O) groups is 1. The summed E-state index contributed by atoms with van der Waals surface area (Å²) in [5.41, 5.74) is 0. The van der Waals surface area contributed by atoms with Gasteiger partial charge in [-0.1, -0.05) is 24.3 Å². The first kappa shape index (κ1) is 19.2. The van der Waals surface area contributed by atoms with Crippen LogP contribution in [0.1, 0.15) is 31.1 Å². The Bertz CT molecular complexity index is 818. The molecule has 2 aromatic heterocycles. The van der Waals surface area contributed by atoms with Crippen molar-refractivity contribution < 1.29 is 14.6 Å². The topological polar surface area (TPSA) is 47.0 Å². The number of nitrogens with one attached hydrogen (secondary N) is 2. The third-order valence-electron chi connectivity index (χ3n) is 5.33. The van der Waals surface area contributed by atoms with Gasteiger partial charge in [0.1, 0.15) is 32.7 Å². The molecule has 2 aliphatic rings. The number of thiophene rings is 1. The molecular weight excluding hydrogens is 398 g/mol. The van der Waals surface area contributed by atoms with Crippen molar-refractivity contribution in [2.75, 3.05) is 31.1 Å². The molecule has 1 saturated carbocycles. The lowest BCUT2D eigenvalue weighted by Crippen LogP contribution is -3.27. The predicted octanol–water partition coefficient (Wildman–Crippen LogP) is 0.582. The zero-order chi connectivity index (χ0) is 18.8. The fourth-order valence-corrected chi connectivity index (χ4v) is 5.59. The Morgan fingerprint density at radius 3 is 2.70 bits per heavy atom. The second kappa shape index (κ2) is 8.48. The van der Waals surface area contributed by atoms with E-state index < -0.39 is 0 Å². The molecule has 0 bridgehead atoms. The molecule has 1 amide bonds. The normalized spacial score (nSPS) is 22.7. The molecule has 3 heterocycles. The van der Waals surface area contributed by atoms with Crippen LogP contribution in [-0.2, 0) is 18.0 Å². The lowest BCUT2D eigenvalue weighted by molar-refractivity contribution is -1.03. The fourth-order valence-electron chi connectivity index (χ4n) is 3.63. The molecule has 146 valence electrons. The monoisotopic (exact) mass is 425 g/mol. The van der Waals surface area contributed by atoms with Gasteiger partial charge < -0.3 is 9.80 Å². The summed E-state index contributed by atoms with van der Waals surface area (Å²) in [6.45, 7) is 8.49. The van der Waals surface area contributed by atoms with Crippen LogP contribution in [0.3, 0.4) is 0 Å². The van der Waals surface area contributed by atoms with Crippen molar-refractivity contribution in [2.45, 2.75) is 45.4 Å². The van der Waals surface area contributed by atoms with E-state index in [2.05, 4.69) is 17.5 Å². The van der Waals surface area contributed by atoms with Crippen molar-refractivity contribution >= 4 is 45.9 Å². The highest BCUT2D eigenvalue weighted by Gasteiger charge is 2.35. The molecule has 2 N–H and O–H groups in total. The minimum absolute atomic E-state index is 0.159.